The van der Waals surface area contributed by atoms with Crippen LogP contribution in [0.25, 0.3) is 77.1 Å². The summed E-state index contributed by atoms with van der Waals surface area (Å²) in [4.78, 5) is 9.09. The van der Waals surface area contributed by atoms with Crippen molar-refractivity contribution in [3.8, 4) is 28.1 Å². The number of pyridine rings is 2. The Morgan fingerprint density at radius 3 is 2.29 bits per heavy atom. The van der Waals surface area contributed by atoms with Gasteiger partial charge < -0.3 is 9.88 Å². The van der Waals surface area contributed by atoms with Gasteiger partial charge in [0.1, 0.15) is 0 Å². The molecule has 45 heavy (non-hydrogen) atoms. The normalized spacial score (nSPS) is 13.0. The number of fused-ring (bicyclic) bond motifs is 6. The average Bonchev–Trinajstić information content (AvgIpc) is 3.46. The number of rotatable bonds is 4. The van der Waals surface area contributed by atoms with Gasteiger partial charge in [-0.15, -0.1) is 0 Å². The molecule has 0 saturated heterocycles. The third-order valence-corrected chi connectivity index (χ3v) is 8.94. The lowest BCUT2D eigenvalue weighted by Gasteiger charge is -2.14. The quantitative estimate of drug-likeness (QED) is 0.227. The second-order valence-electron chi connectivity index (χ2n) is 11.5. The minimum absolute atomic E-state index is 0.841. The topological polar surface area (TPSA) is 42.7 Å². The molecule has 4 heteroatoms. The molecule has 4 heterocycles. The Morgan fingerprint density at radius 1 is 0.600 bits per heavy atom. The molecule has 0 radical (unpaired) electrons. The first kappa shape index (κ1) is 25.5. The first-order chi connectivity index (χ1) is 22.3. The van der Waals surface area contributed by atoms with Gasteiger partial charge in [0.15, 0.2) is 0 Å². The zero-order valence-corrected chi connectivity index (χ0v) is 24.5. The molecule has 3 aromatic heterocycles. The van der Waals surface area contributed by atoms with Crippen LogP contribution in [-0.4, -0.2) is 21.1 Å². The zero-order valence-electron chi connectivity index (χ0n) is 24.5. The highest BCUT2D eigenvalue weighted by atomic mass is 15.0. The number of hydrogen-bond donors (Lipinski definition) is 1. The third kappa shape index (κ3) is 4.22. The molecule has 0 saturated carbocycles. The van der Waals surface area contributed by atoms with Gasteiger partial charge in [-0.1, -0.05) is 84.9 Å². The first-order valence-corrected chi connectivity index (χ1v) is 15.3. The number of nitrogens with zero attached hydrogens (tertiary/aromatic N) is 3. The smallest absolute Gasteiger partial charge is 0.0702 e. The summed E-state index contributed by atoms with van der Waals surface area (Å²) in [7, 11) is 0. The average molecular weight is 577 g/mol. The highest BCUT2D eigenvalue weighted by Gasteiger charge is 2.18. The molecular formula is C41H28N4. The Kier molecular flexibility index (Phi) is 5.85. The van der Waals surface area contributed by atoms with E-state index in [1.807, 2.05) is 18.6 Å². The molecule has 0 amide bonds. The maximum Gasteiger partial charge on any atom is 0.0702 e. The molecule has 0 atom stereocenters. The zero-order chi connectivity index (χ0) is 29.7. The van der Waals surface area contributed by atoms with E-state index in [4.69, 9.17) is 4.98 Å². The van der Waals surface area contributed by atoms with E-state index in [1.165, 1.54) is 54.6 Å². The van der Waals surface area contributed by atoms with Crippen LogP contribution in [0.3, 0.4) is 0 Å². The Morgan fingerprint density at radius 2 is 1.42 bits per heavy atom. The van der Waals surface area contributed by atoms with Crippen LogP contribution >= 0.6 is 0 Å². The van der Waals surface area contributed by atoms with Gasteiger partial charge >= 0.3 is 0 Å². The third-order valence-electron chi connectivity index (χ3n) is 8.94. The van der Waals surface area contributed by atoms with Gasteiger partial charge in [-0.3, -0.25) is 9.97 Å². The van der Waals surface area contributed by atoms with E-state index in [1.54, 1.807) is 0 Å². The SMILES string of the molecule is C1=CCNC(c2ccc(-c3ccc4c(ccc5c6ccc(-c7ccncc7)cc6n(-c6cccc7ccccc67)c45)c3)nc2)=C1. The van der Waals surface area contributed by atoms with Gasteiger partial charge in [0.05, 0.1) is 22.4 Å². The maximum atomic E-state index is 4.85. The van der Waals surface area contributed by atoms with Crippen LogP contribution < -0.4 is 5.32 Å². The number of aromatic nitrogens is 3. The summed E-state index contributed by atoms with van der Waals surface area (Å²) < 4.78 is 2.46. The summed E-state index contributed by atoms with van der Waals surface area (Å²) in [6.07, 6.45) is 12.0. The number of dihydropyridines is 1. The summed E-state index contributed by atoms with van der Waals surface area (Å²) >= 11 is 0. The summed E-state index contributed by atoms with van der Waals surface area (Å²) in [6.45, 7) is 0.841. The van der Waals surface area contributed by atoms with Gasteiger partial charge in [-0.2, -0.15) is 0 Å². The minimum atomic E-state index is 0.841. The molecule has 5 aromatic carbocycles. The van der Waals surface area contributed by atoms with E-state index in [2.05, 4.69) is 148 Å². The van der Waals surface area contributed by atoms with Crippen LogP contribution in [0.5, 0.6) is 0 Å². The van der Waals surface area contributed by atoms with Crippen LogP contribution in [0, 0.1) is 0 Å². The first-order valence-electron chi connectivity index (χ1n) is 15.3. The van der Waals surface area contributed by atoms with Crippen molar-refractivity contribution in [2.45, 2.75) is 0 Å². The molecule has 0 bridgehead atoms. The van der Waals surface area contributed by atoms with E-state index < -0.39 is 0 Å². The summed E-state index contributed by atoms with van der Waals surface area (Å²) in [5.74, 6) is 0. The molecule has 0 unspecified atom stereocenters. The van der Waals surface area contributed by atoms with Crippen molar-refractivity contribution in [3.05, 3.63) is 158 Å². The van der Waals surface area contributed by atoms with E-state index >= 15 is 0 Å². The predicted octanol–water partition coefficient (Wildman–Crippen LogP) is 9.71. The minimum Gasteiger partial charge on any atom is -0.381 e. The van der Waals surface area contributed by atoms with Gasteiger partial charge in [0, 0.05) is 63.5 Å². The van der Waals surface area contributed by atoms with Crippen LogP contribution in [0.1, 0.15) is 5.56 Å². The van der Waals surface area contributed by atoms with Crippen LogP contribution in [-0.2, 0) is 0 Å². The molecule has 4 nitrogen and oxygen atoms in total. The van der Waals surface area contributed by atoms with Gasteiger partial charge in [-0.05, 0) is 70.4 Å². The van der Waals surface area contributed by atoms with E-state index in [0.29, 0.717) is 0 Å². The Bertz CT molecular complexity index is 2460. The van der Waals surface area contributed by atoms with Crippen LogP contribution in [0.4, 0.5) is 0 Å². The lowest BCUT2D eigenvalue weighted by atomic mass is 10.0. The molecule has 1 N–H and O–H groups in total. The highest BCUT2D eigenvalue weighted by molar-refractivity contribution is 6.20. The number of allylic oxidation sites excluding steroid dienone is 2. The summed E-state index contributed by atoms with van der Waals surface area (Å²) in [5, 5.41) is 10.7. The fourth-order valence-corrected chi connectivity index (χ4v) is 6.76. The van der Waals surface area contributed by atoms with Crippen LogP contribution in [0.2, 0.25) is 0 Å². The van der Waals surface area contributed by atoms with Crippen molar-refractivity contribution in [1.29, 1.82) is 0 Å². The lowest BCUT2D eigenvalue weighted by molar-refractivity contribution is 0.993. The molecule has 0 aliphatic carbocycles. The second-order valence-corrected chi connectivity index (χ2v) is 11.5. The van der Waals surface area contributed by atoms with Crippen molar-refractivity contribution in [2.24, 2.45) is 0 Å². The van der Waals surface area contributed by atoms with Crippen molar-refractivity contribution in [2.75, 3.05) is 6.54 Å². The standard InChI is InChI=1S/C41H28N4/c1-2-8-33-28(6-1)7-5-10-39(33)45-40-25-29(27-19-22-42-23-20-27)11-16-35(40)36-17-12-30-24-31(13-15-34(30)41(36)45)38-18-14-32(26-44-38)37-9-3-4-21-43-37/h1-20,22-26,43H,21H2. The molecule has 0 fully saturated rings. The molecule has 8 aromatic rings. The fraction of sp³-hybridized carbons (Fsp3) is 0.0244. The Labute approximate surface area is 260 Å². The van der Waals surface area contributed by atoms with E-state index in [0.717, 1.165) is 34.6 Å². The second kappa shape index (κ2) is 10.3. The van der Waals surface area contributed by atoms with E-state index in [9.17, 15) is 0 Å². The molecular weight excluding hydrogens is 548 g/mol. The van der Waals surface area contributed by atoms with E-state index in [-0.39, 0.29) is 0 Å². The lowest BCUT2D eigenvalue weighted by Crippen LogP contribution is -2.14. The van der Waals surface area contributed by atoms with Gasteiger partial charge in [0.2, 0.25) is 0 Å². The number of nitrogens with one attached hydrogen (secondary N) is 1. The van der Waals surface area contributed by atoms with Crippen molar-refractivity contribution < 1.29 is 0 Å². The number of benzene rings is 5. The van der Waals surface area contributed by atoms with Crippen molar-refractivity contribution >= 4 is 49.0 Å². The molecule has 1 aliphatic rings. The predicted molar refractivity (Wildman–Crippen MR) is 187 cm³/mol. The molecule has 1 aliphatic heterocycles. The fourth-order valence-electron chi connectivity index (χ4n) is 6.76. The Hall–Kier alpha value is -6.00. The largest absolute Gasteiger partial charge is 0.381 e. The summed E-state index contributed by atoms with van der Waals surface area (Å²) in [6, 6.07) is 41.7. The Balaban J connectivity index is 1.28. The molecule has 0 spiro atoms. The van der Waals surface area contributed by atoms with Crippen molar-refractivity contribution in [3.63, 3.8) is 0 Å². The molecule has 212 valence electrons. The highest BCUT2D eigenvalue weighted by Crippen LogP contribution is 2.40. The van der Waals surface area contributed by atoms with Crippen LogP contribution in [0.15, 0.2) is 152 Å². The maximum absolute atomic E-state index is 4.85. The molecule has 9 rings (SSSR count). The van der Waals surface area contributed by atoms with Gasteiger partial charge in [0.25, 0.3) is 0 Å². The summed E-state index contributed by atoms with van der Waals surface area (Å²) in [5.41, 5.74) is 10.2. The number of hydrogen-bond acceptors (Lipinski definition) is 3. The monoisotopic (exact) mass is 576 g/mol. The van der Waals surface area contributed by atoms with Crippen molar-refractivity contribution in [1.82, 2.24) is 19.9 Å². The van der Waals surface area contributed by atoms with Gasteiger partial charge in [-0.25, -0.2) is 0 Å².